The predicted molar refractivity (Wildman–Crippen MR) is 95.5 cm³/mol. The molecule has 0 fully saturated rings. The maximum atomic E-state index is 4.71. The van der Waals surface area contributed by atoms with Crippen molar-refractivity contribution in [3.8, 4) is 10.6 Å². The molecule has 5 aromatic rings. The van der Waals surface area contributed by atoms with E-state index in [4.69, 9.17) is 5.10 Å². The van der Waals surface area contributed by atoms with Crippen LogP contribution in [-0.2, 0) is 6.54 Å². The van der Waals surface area contributed by atoms with E-state index < -0.39 is 0 Å². The minimum Gasteiger partial charge on any atom is -0.237 e. The number of nitrogens with zero attached hydrogens (tertiary/aromatic N) is 7. The van der Waals surface area contributed by atoms with Gasteiger partial charge in [-0.05, 0) is 24.6 Å². The standard InChI is InChI=1S/C17H13N7S/c1-11-6-2-3-7-12(11)16-21-24-15(19-20-17(24)25-16)10-23-14-9-5-4-8-13(14)18-22-23/h2-9H,10H2,1H3. The Balaban J connectivity index is 1.57. The Hall–Kier alpha value is -3.13. The van der Waals surface area contributed by atoms with Gasteiger partial charge in [-0.25, -0.2) is 4.68 Å². The van der Waals surface area contributed by atoms with Gasteiger partial charge in [-0.15, -0.1) is 15.3 Å². The van der Waals surface area contributed by atoms with E-state index in [0.717, 1.165) is 32.4 Å². The van der Waals surface area contributed by atoms with Crippen molar-refractivity contribution in [1.29, 1.82) is 0 Å². The summed E-state index contributed by atoms with van der Waals surface area (Å²) in [4.78, 5) is 0.776. The molecule has 0 unspecified atom stereocenters. The second-order valence-corrected chi connectivity index (χ2v) is 6.72. The lowest BCUT2D eigenvalue weighted by Gasteiger charge is -2.00. The van der Waals surface area contributed by atoms with Crippen LogP contribution in [0.5, 0.6) is 0 Å². The zero-order valence-corrected chi connectivity index (χ0v) is 14.2. The summed E-state index contributed by atoms with van der Waals surface area (Å²) in [6.07, 6.45) is 0. The van der Waals surface area contributed by atoms with Crippen LogP contribution in [-0.4, -0.2) is 34.8 Å². The third-order valence-electron chi connectivity index (χ3n) is 4.14. The first kappa shape index (κ1) is 14.2. The number of para-hydroxylation sites is 1. The average Bonchev–Trinajstić information content (AvgIpc) is 3.32. The molecule has 3 heterocycles. The van der Waals surface area contributed by atoms with Crippen LogP contribution >= 0.6 is 11.3 Å². The van der Waals surface area contributed by atoms with E-state index in [-0.39, 0.29) is 0 Å². The molecule has 0 aliphatic carbocycles. The van der Waals surface area contributed by atoms with E-state index in [1.807, 2.05) is 41.1 Å². The van der Waals surface area contributed by atoms with Gasteiger partial charge < -0.3 is 0 Å². The fourth-order valence-electron chi connectivity index (χ4n) is 2.85. The molecule has 8 heteroatoms. The minimum atomic E-state index is 0.471. The number of hydrogen-bond acceptors (Lipinski definition) is 6. The first-order valence-corrected chi connectivity index (χ1v) is 8.66. The summed E-state index contributed by atoms with van der Waals surface area (Å²) in [7, 11) is 0. The maximum Gasteiger partial charge on any atom is 0.235 e. The molecule has 2 aromatic carbocycles. The van der Waals surface area contributed by atoms with Gasteiger partial charge in [-0.2, -0.15) is 9.61 Å². The van der Waals surface area contributed by atoms with E-state index in [1.54, 1.807) is 4.52 Å². The summed E-state index contributed by atoms with van der Waals surface area (Å²) < 4.78 is 3.61. The molecule has 5 rings (SSSR count). The Labute approximate surface area is 146 Å². The van der Waals surface area contributed by atoms with Gasteiger partial charge in [0.25, 0.3) is 0 Å². The molecule has 3 aromatic heterocycles. The third kappa shape index (κ3) is 2.30. The zero-order chi connectivity index (χ0) is 16.8. The largest absolute Gasteiger partial charge is 0.237 e. The molecule has 25 heavy (non-hydrogen) atoms. The highest BCUT2D eigenvalue weighted by atomic mass is 32.1. The van der Waals surface area contributed by atoms with Crippen LogP contribution in [0, 0.1) is 6.92 Å². The number of rotatable bonds is 3. The van der Waals surface area contributed by atoms with Crippen molar-refractivity contribution >= 4 is 27.3 Å². The van der Waals surface area contributed by atoms with Gasteiger partial charge in [0.05, 0.1) is 5.52 Å². The van der Waals surface area contributed by atoms with Crippen LogP contribution in [0.2, 0.25) is 0 Å². The van der Waals surface area contributed by atoms with Gasteiger partial charge in [0, 0.05) is 5.56 Å². The van der Waals surface area contributed by atoms with Crippen LogP contribution in [0.15, 0.2) is 48.5 Å². The van der Waals surface area contributed by atoms with Gasteiger partial charge in [0.1, 0.15) is 17.1 Å². The van der Waals surface area contributed by atoms with E-state index in [2.05, 4.69) is 39.6 Å². The lowest BCUT2D eigenvalue weighted by atomic mass is 10.1. The van der Waals surface area contributed by atoms with E-state index in [0.29, 0.717) is 6.54 Å². The van der Waals surface area contributed by atoms with Crippen molar-refractivity contribution in [3.05, 3.63) is 59.9 Å². The number of hydrogen-bond donors (Lipinski definition) is 0. The molecule has 0 spiro atoms. The summed E-state index contributed by atoms with van der Waals surface area (Å²) >= 11 is 1.53. The molecule has 122 valence electrons. The molecular weight excluding hydrogens is 334 g/mol. The summed E-state index contributed by atoms with van der Waals surface area (Å²) in [5.41, 5.74) is 4.14. The molecule has 0 saturated carbocycles. The lowest BCUT2D eigenvalue weighted by molar-refractivity contribution is 0.628. The number of fused-ring (bicyclic) bond motifs is 2. The van der Waals surface area contributed by atoms with Crippen molar-refractivity contribution in [2.45, 2.75) is 13.5 Å². The molecule has 0 bridgehead atoms. The molecule has 0 saturated heterocycles. The molecule has 7 nitrogen and oxygen atoms in total. The third-order valence-corrected chi connectivity index (χ3v) is 5.07. The smallest absolute Gasteiger partial charge is 0.235 e. The Morgan fingerprint density at radius 3 is 2.72 bits per heavy atom. The second kappa shape index (κ2) is 5.45. The van der Waals surface area contributed by atoms with E-state index in [1.165, 1.54) is 16.9 Å². The van der Waals surface area contributed by atoms with Crippen molar-refractivity contribution in [1.82, 2.24) is 34.8 Å². The second-order valence-electron chi connectivity index (χ2n) is 5.77. The summed E-state index contributed by atoms with van der Waals surface area (Å²) in [5, 5.41) is 22.6. The van der Waals surface area contributed by atoms with Crippen LogP contribution in [0.4, 0.5) is 0 Å². The Morgan fingerprint density at radius 2 is 1.80 bits per heavy atom. The zero-order valence-electron chi connectivity index (χ0n) is 13.4. The first-order chi connectivity index (χ1) is 12.3. The topological polar surface area (TPSA) is 73.8 Å². The Morgan fingerprint density at radius 1 is 0.960 bits per heavy atom. The number of aryl methyl sites for hydroxylation is 1. The number of aromatic nitrogens is 7. The predicted octanol–water partition coefficient (Wildman–Crippen LogP) is 2.95. The van der Waals surface area contributed by atoms with Crippen molar-refractivity contribution in [2.24, 2.45) is 0 Å². The Bertz CT molecular complexity index is 1200. The molecule has 0 amide bonds. The molecule has 0 atom stereocenters. The number of benzene rings is 2. The molecule has 0 N–H and O–H groups in total. The van der Waals surface area contributed by atoms with Gasteiger partial charge in [-0.3, -0.25) is 0 Å². The molecular formula is C17H13N7S. The normalized spacial score (nSPS) is 11.6. The van der Waals surface area contributed by atoms with Crippen LogP contribution < -0.4 is 0 Å². The van der Waals surface area contributed by atoms with Crippen molar-refractivity contribution < 1.29 is 0 Å². The van der Waals surface area contributed by atoms with Gasteiger partial charge in [0.2, 0.25) is 4.96 Å². The summed E-state index contributed by atoms with van der Waals surface area (Å²) in [6.45, 7) is 2.55. The average molecular weight is 347 g/mol. The Kier molecular flexibility index (Phi) is 3.10. The van der Waals surface area contributed by atoms with Crippen molar-refractivity contribution in [3.63, 3.8) is 0 Å². The maximum absolute atomic E-state index is 4.71. The quantitative estimate of drug-likeness (QED) is 0.502. The lowest BCUT2D eigenvalue weighted by Crippen LogP contribution is -2.06. The highest BCUT2D eigenvalue weighted by Gasteiger charge is 2.15. The summed E-state index contributed by atoms with van der Waals surface area (Å²) in [6, 6.07) is 16.1. The molecule has 0 aliphatic rings. The van der Waals surface area contributed by atoms with E-state index in [9.17, 15) is 0 Å². The van der Waals surface area contributed by atoms with Gasteiger partial charge >= 0.3 is 0 Å². The molecule has 0 radical (unpaired) electrons. The van der Waals surface area contributed by atoms with Gasteiger partial charge in [0.15, 0.2) is 5.82 Å². The SMILES string of the molecule is Cc1ccccc1-c1nn2c(Cn3nnc4ccccc43)nnc2s1. The van der Waals surface area contributed by atoms with E-state index >= 15 is 0 Å². The first-order valence-electron chi connectivity index (χ1n) is 7.85. The van der Waals surface area contributed by atoms with Crippen LogP contribution in [0.25, 0.3) is 26.6 Å². The molecule has 0 aliphatic heterocycles. The minimum absolute atomic E-state index is 0.471. The van der Waals surface area contributed by atoms with Gasteiger partial charge in [-0.1, -0.05) is 52.9 Å². The van der Waals surface area contributed by atoms with Crippen molar-refractivity contribution in [2.75, 3.05) is 0 Å². The fourth-order valence-corrected chi connectivity index (χ4v) is 3.79. The van der Waals surface area contributed by atoms with Crippen LogP contribution in [0.1, 0.15) is 11.4 Å². The fraction of sp³-hybridized carbons (Fsp3) is 0.118. The monoisotopic (exact) mass is 347 g/mol. The highest BCUT2D eigenvalue weighted by molar-refractivity contribution is 7.19. The van der Waals surface area contributed by atoms with Crippen LogP contribution in [0.3, 0.4) is 0 Å². The summed E-state index contributed by atoms with van der Waals surface area (Å²) in [5.74, 6) is 0.738. The highest BCUT2D eigenvalue weighted by Crippen LogP contribution is 2.28.